The van der Waals surface area contributed by atoms with Gasteiger partial charge < -0.3 is 14.4 Å². The molecule has 2 heterocycles. The Balaban J connectivity index is 1.81. The second-order valence-corrected chi connectivity index (χ2v) is 4.45. The minimum absolute atomic E-state index is 0.139. The molecule has 1 aliphatic heterocycles. The molecular weight excluding hydrogens is 240 g/mol. The predicted octanol–water partition coefficient (Wildman–Crippen LogP) is 2.55. The number of benzene rings is 1. The van der Waals surface area contributed by atoms with E-state index in [-0.39, 0.29) is 6.61 Å². The fraction of sp³-hybridized carbons (Fsp3) is 0.267. The number of hydrogen-bond donors (Lipinski definition) is 1. The van der Waals surface area contributed by atoms with Crippen molar-refractivity contribution in [3.63, 3.8) is 0 Å². The lowest BCUT2D eigenvalue weighted by Gasteiger charge is -2.20. The van der Waals surface area contributed by atoms with Crippen LogP contribution < -0.4 is 4.90 Å². The van der Waals surface area contributed by atoms with Crippen molar-refractivity contribution >= 4 is 11.5 Å². The summed E-state index contributed by atoms with van der Waals surface area (Å²) >= 11 is 0. The number of furan rings is 1. The van der Waals surface area contributed by atoms with E-state index in [1.165, 1.54) is 0 Å². The Hall–Kier alpha value is -2.07. The van der Waals surface area contributed by atoms with Crippen molar-refractivity contribution in [2.75, 3.05) is 24.6 Å². The highest BCUT2D eigenvalue weighted by Gasteiger charge is 2.17. The molecule has 3 rings (SSSR count). The minimum atomic E-state index is 0.139. The quantitative estimate of drug-likeness (QED) is 0.914. The van der Waals surface area contributed by atoms with Crippen LogP contribution >= 0.6 is 0 Å². The Bertz CT molecular complexity index is 558. The zero-order valence-corrected chi connectivity index (χ0v) is 10.6. The van der Waals surface area contributed by atoms with E-state index < -0.39 is 0 Å². The van der Waals surface area contributed by atoms with Crippen LogP contribution in [-0.2, 0) is 0 Å². The van der Waals surface area contributed by atoms with Gasteiger partial charge in [0.1, 0.15) is 11.6 Å². The molecule has 4 heteroatoms. The van der Waals surface area contributed by atoms with Gasteiger partial charge in [0.25, 0.3) is 0 Å². The molecular formula is C15H16N2O2. The van der Waals surface area contributed by atoms with Crippen LogP contribution in [0.5, 0.6) is 0 Å². The molecule has 0 spiro atoms. The first-order chi connectivity index (χ1) is 9.38. The zero-order valence-electron chi connectivity index (χ0n) is 10.6. The molecule has 4 nitrogen and oxygen atoms in total. The fourth-order valence-electron chi connectivity index (χ4n) is 2.33. The van der Waals surface area contributed by atoms with Crippen molar-refractivity contribution in [1.82, 2.24) is 0 Å². The summed E-state index contributed by atoms with van der Waals surface area (Å²) in [6, 6.07) is 12.1. The molecule has 1 aromatic carbocycles. The first kappa shape index (κ1) is 12.0. The summed E-state index contributed by atoms with van der Waals surface area (Å²) in [5, 5.41) is 9.04. The molecule has 0 atom stereocenters. The van der Waals surface area contributed by atoms with Crippen molar-refractivity contribution in [3.8, 4) is 11.3 Å². The highest BCUT2D eigenvalue weighted by molar-refractivity contribution is 5.99. The second kappa shape index (κ2) is 5.28. The molecule has 0 unspecified atom stereocenters. The maximum absolute atomic E-state index is 9.04. The maximum Gasteiger partial charge on any atom is 0.133 e. The van der Waals surface area contributed by atoms with Crippen LogP contribution in [0.2, 0.25) is 0 Å². The average Bonchev–Trinajstić information content (AvgIpc) is 3.10. The lowest BCUT2D eigenvalue weighted by atomic mass is 10.1. The molecule has 1 aliphatic rings. The van der Waals surface area contributed by atoms with Gasteiger partial charge in [0, 0.05) is 24.2 Å². The number of anilines is 1. The third kappa shape index (κ3) is 2.39. The number of nitrogens with zero attached hydrogens (tertiary/aromatic N) is 2. The van der Waals surface area contributed by atoms with Gasteiger partial charge in [-0.3, -0.25) is 4.99 Å². The molecule has 98 valence electrons. The topological polar surface area (TPSA) is 49.0 Å². The maximum atomic E-state index is 9.04. The van der Waals surface area contributed by atoms with Crippen LogP contribution in [0.3, 0.4) is 0 Å². The lowest BCUT2D eigenvalue weighted by molar-refractivity contribution is 0.306. The molecule has 0 aliphatic carbocycles. The molecule has 0 saturated carbocycles. The van der Waals surface area contributed by atoms with E-state index in [2.05, 4.69) is 22.0 Å². The van der Waals surface area contributed by atoms with E-state index in [0.717, 1.165) is 35.9 Å². The fourth-order valence-corrected chi connectivity index (χ4v) is 2.33. The number of rotatable bonds is 4. The summed E-state index contributed by atoms with van der Waals surface area (Å²) < 4.78 is 5.37. The largest absolute Gasteiger partial charge is 0.464 e. The molecule has 0 radical (unpaired) electrons. The summed E-state index contributed by atoms with van der Waals surface area (Å²) in [5.74, 6) is 1.84. The zero-order chi connectivity index (χ0) is 13.1. The van der Waals surface area contributed by atoms with Crippen molar-refractivity contribution < 1.29 is 9.52 Å². The Labute approximate surface area is 112 Å². The standard InChI is InChI=1S/C15H16N2O2/c18-10-7-15-16-8-9-17(15)13-5-3-12(4-6-13)14-2-1-11-19-14/h1-6,11,18H,7-10H2. The Morgan fingerprint density at radius 1 is 1.21 bits per heavy atom. The van der Waals surface area contributed by atoms with Gasteiger partial charge in [0.2, 0.25) is 0 Å². The van der Waals surface area contributed by atoms with Gasteiger partial charge in [-0.05, 0) is 36.4 Å². The molecule has 2 aromatic rings. The molecule has 0 fully saturated rings. The van der Waals surface area contributed by atoms with Gasteiger partial charge in [0.05, 0.1) is 19.4 Å². The lowest BCUT2D eigenvalue weighted by Crippen LogP contribution is -2.27. The summed E-state index contributed by atoms with van der Waals surface area (Å²) in [6.07, 6.45) is 2.29. The van der Waals surface area contributed by atoms with E-state index >= 15 is 0 Å². The normalized spacial score (nSPS) is 14.8. The number of aliphatic hydroxyl groups excluding tert-OH is 1. The highest BCUT2D eigenvalue weighted by atomic mass is 16.3. The van der Waals surface area contributed by atoms with E-state index in [4.69, 9.17) is 9.52 Å². The number of aliphatic imine (C=N–C) groups is 1. The number of aliphatic hydroxyl groups is 1. The van der Waals surface area contributed by atoms with Crippen molar-refractivity contribution in [2.24, 2.45) is 4.99 Å². The van der Waals surface area contributed by atoms with E-state index in [0.29, 0.717) is 6.42 Å². The smallest absolute Gasteiger partial charge is 0.133 e. The Morgan fingerprint density at radius 3 is 2.74 bits per heavy atom. The Kier molecular flexibility index (Phi) is 3.33. The number of hydrogen-bond acceptors (Lipinski definition) is 4. The monoisotopic (exact) mass is 256 g/mol. The van der Waals surface area contributed by atoms with Crippen LogP contribution in [0.1, 0.15) is 6.42 Å². The van der Waals surface area contributed by atoms with Crippen LogP contribution in [0.25, 0.3) is 11.3 Å². The predicted molar refractivity (Wildman–Crippen MR) is 75.5 cm³/mol. The van der Waals surface area contributed by atoms with E-state index in [1.54, 1.807) is 6.26 Å². The SMILES string of the molecule is OCCC1=NCCN1c1ccc(-c2ccco2)cc1. The van der Waals surface area contributed by atoms with Crippen LogP contribution in [0, 0.1) is 0 Å². The minimum Gasteiger partial charge on any atom is -0.464 e. The summed E-state index contributed by atoms with van der Waals surface area (Å²) in [7, 11) is 0. The highest BCUT2D eigenvalue weighted by Crippen LogP contribution is 2.25. The Morgan fingerprint density at radius 2 is 2.05 bits per heavy atom. The summed E-state index contributed by atoms with van der Waals surface area (Å²) in [5.41, 5.74) is 2.17. The average molecular weight is 256 g/mol. The van der Waals surface area contributed by atoms with Crippen LogP contribution in [-0.4, -0.2) is 30.6 Å². The molecule has 0 bridgehead atoms. The molecule has 19 heavy (non-hydrogen) atoms. The molecule has 1 N–H and O–H groups in total. The first-order valence-corrected chi connectivity index (χ1v) is 6.44. The molecule has 1 aromatic heterocycles. The molecule has 0 amide bonds. The van der Waals surface area contributed by atoms with E-state index in [1.807, 2.05) is 24.3 Å². The van der Waals surface area contributed by atoms with Crippen LogP contribution in [0.15, 0.2) is 52.1 Å². The van der Waals surface area contributed by atoms with Gasteiger partial charge in [-0.2, -0.15) is 0 Å². The van der Waals surface area contributed by atoms with Crippen molar-refractivity contribution in [3.05, 3.63) is 42.7 Å². The van der Waals surface area contributed by atoms with Crippen molar-refractivity contribution in [2.45, 2.75) is 6.42 Å². The third-order valence-electron chi connectivity index (χ3n) is 3.25. The van der Waals surface area contributed by atoms with Crippen LogP contribution in [0.4, 0.5) is 5.69 Å². The second-order valence-electron chi connectivity index (χ2n) is 4.45. The van der Waals surface area contributed by atoms with Gasteiger partial charge in [0.15, 0.2) is 0 Å². The summed E-state index contributed by atoms with van der Waals surface area (Å²) in [6.45, 7) is 1.82. The van der Waals surface area contributed by atoms with Crippen molar-refractivity contribution in [1.29, 1.82) is 0 Å². The van der Waals surface area contributed by atoms with Gasteiger partial charge in [-0.15, -0.1) is 0 Å². The first-order valence-electron chi connectivity index (χ1n) is 6.44. The third-order valence-corrected chi connectivity index (χ3v) is 3.25. The summed E-state index contributed by atoms with van der Waals surface area (Å²) in [4.78, 5) is 6.57. The van der Waals surface area contributed by atoms with Gasteiger partial charge in [-0.1, -0.05) is 0 Å². The molecule has 0 saturated heterocycles. The van der Waals surface area contributed by atoms with E-state index in [9.17, 15) is 0 Å². The van der Waals surface area contributed by atoms with Gasteiger partial charge in [-0.25, -0.2) is 0 Å². The van der Waals surface area contributed by atoms with Gasteiger partial charge >= 0.3 is 0 Å². The number of amidine groups is 1.